The SMILES string of the molecule is C=C(C)C(=O)OC(OC(=O)C(=C)C)C(O)Cc1ccccc1CCC. The summed E-state index contributed by atoms with van der Waals surface area (Å²) < 4.78 is 10.2. The van der Waals surface area contributed by atoms with Crippen LogP contribution in [0.25, 0.3) is 0 Å². The molecule has 5 nitrogen and oxygen atoms in total. The highest BCUT2D eigenvalue weighted by atomic mass is 16.7. The van der Waals surface area contributed by atoms with Crippen LogP contribution in [-0.4, -0.2) is 29.4 Å². The molecule has 1 unspecified atom stereocenters. The molecule has 1 rings (SSSR count). The summed E-state index contributed by atoms with van der Waals surface area (Å²) in [5.74, 6) is -1.47. The fraction of sp³-hybridized carbons (Fsp3) is 0.400. The van der Waals surface area contributed by atoms with Gasteiger partial charge in [0.1, 0.15) is 6.10 Å². The number of aliphatic hydroxyl groups excluding tert-OH is 1. The third kappa shape index (κ3) is 6.55. The Morgan fingerprint density at radius 3 is 1.96 bits per heavy atom. The number of hydrogen-bond acceptors (Lipinski definition) is 5. The van der Waals surface area contributed by atoms with Crippen LogP contribution in [0.1, 0.15) is 38.3 Å². The third-order valence-corrected chi connectivity index (χ3v) is 3.52. The highest BCUT2D eigenvalue weighted by Gasteiger charge is 2.28. The van der Waals surface area contributed by atoms with E-state index in [2.05, 4.69) is 20.1 Å². The van der Waals surface area contributed by atoms with Gasteiger partial charge in [0.15, 0.2) is 0 Å². The number of rotatable bonds is 9. The molecule has 0 radical (unpaired) electrons. The molecule has 0 aromatic heterocycles. The van der Waals surface area contributed by atoms with Crippen LogP contribution in [0.2, 0.25) is 0 Å². The predicted molar refractivity (Wildman–Crippen MR) is 95.7 cm³/mol. The molecule has 0 heterocycles. The molecule has 0 bridgehead atoms. The van der Waals surface area contributed by atoms with Crippen LogP contribution in [-0.2, 0) is 31.9 Å². The monoisotopic (exact) mass is 346 g/mol. The maximum atomic E-state index is 11.8. The second-order valence-corrected chi connectivity index (χ2v) is 6.03. The van der Waals surface area contributed by atoms with Crippen LogP contribution < -0.4 is 0 Å². The van der Waals surface area contributed by atoms with Crippen molar-refractivity contribution in [2.24, 2.45) is 0 Å². The quantitative estimate of drug-likeness (QED) is 0.422. The lowest BCUT2D eigenvalue weighted by Gasteiger charge is -2.24. The number of ether oxygens (including phenoxy) is 2. The number of benzene rings is 1. The summed E-state index contributed by atoms with van der Waals surface area (Å²) in [6.07, 6.45) is -0.614. The zero-order valence-electron chi connectivity index (χ0n) is 15.1. The fourth-order valence-electron chi connectivity index (χ4n) is 2.18. The van der Waals surface area contributed by atoms with Gasteiger partial charge in [-0.05, 0) is 31.4 Å². The first-order valence-corrected chi connectivity index (χ1v) is 8.24. The topological polar surface area (TPSA) is 72.8 Å². The first-order chi connectivity index (χ1) is 11.8. The van der Waals surface area contributed by atoms with E-state index in [-0.39, 0.29) is 17.6 Å². The van der Waals surface area contributed by atoms with Crippen molar-refractivity contribution in [2.45, 2.75) is 52.4 Å². The first kappa shape index (κ1) is 20.6. The van der Waals surface area contributed by atoms with Gasteiger partial charge < -0.3 is 14.6 Å². The minimum atomic E-state index is -1.43. The van der Waals surface area contributed by atoms with Crippen molar-refractivity contribution in [3.63, 3.8) is 0 Å². The summed E-state index contributed by atoms with van der Waals surface area (Å²) >= 11 is 0. The molecule has 5 heteroatoms. The second-order valence-electron chi connectivity index (χ2n) is 6.03. The van der Waals surface area contributed by atoms with Gasteiger partial charge in [-0.3, -0.25) is 0 Å². The Morgan fingerprint density at radius 1 is 1.04 bits per heavy atom. The van der Waals surface area contributed by atoms with E-state index in [9.17, 15) is 14.7 Å². The minimum Gasteiger partial charge on any atom is -0.419 e. The van der Waals surface area contributed by atoms with E-state index in [1.807, 2.05) is 24.3 Å². The molecular formula is C20H26O5. The molecule has 0 saturated carbocycles. The van der Waals surface area contributed by atoms with Crippen LogP contribution in [0.4, 0.5) is 0 Å². The van der Waals surface area contributed by atoms with Gasteiger partial charge in [-0.2, -0.15) is 0 Å². The van der Waals surface area contributed by atoms with Gasteiger partial charge >= 0.3 is 11.9 Å². The average molecular weight is 346 g/mol. The fourth-order valence-corrected chi connectivity index (χ4v) is 2.18. The standard InChI is InChI=1S/C20H26O5/c1-6-9-15-10-7-8-11-16(15)12-17(21)20(24-18(22)13(2)3)25-19(23)14(4)5/h7-8,10-11,17,20-21H,2,4,6,9,12H2,1,3,5H3. The van der Waals surface area contributed by atoms with E-state index in [4.69, 9.17) is 9.47 Å². The maximum absolute atomic E-state index is 11.8. The van der Waals surface area contributed by atoms with Crippen LogP contribution >= 0.6 is 0 Å². The molecule has 25 heavy (non-hydrogen) atoms. The van der Waals surface area contributed by atoms with Crippen molar-refractivity contribution in [1.29, 1.82) is 0 Å². The van der Waals surface area contributed by atoms with Crippen molar-refractivity contribution in [2.75, 3.05) is 0 Å². The second kappa shape index (κ2) is 9.79. The summed E-state index contributed by atoms with van der Waals surface area (Å²) in [6.45, 7) is 12.0. The number of aliphatic hydroxyl groups is 1. The molecule has 136 valence electrons. The minimum absolute atomic E-state index is 0.148. The van der Waals surface area contributed by atoms with Gasteiger partial charge in [0.2, 0.25) is 0 Å². The molecule has 0 fully saturated rings. The maximum Gasteiger partial charge on any atom is 0.336 e. The molecule has 0 saturated heterocycles. The lowest BCUT2D eigenvalue weighted by molar-refractivity contribution is -0.201. The summed E-state index contributed by atoms with van der Waals surface area (Å²) in [4.78, 5) is 23.6. The van der Waals surface area contributed by atoms with E-state index >= 15 is 0 Å². The van der Waals surface area contributed by atoms with Gasteiger partial charge in [0.25, 0.3) is 6.29 Å². The van der Waals surface area contributed by atoms with Crippen molar-refractivity contribution in [1.82, 2.24) is 0 Å². The smallest absolute Gasteiger partial charge is 0.336 e. The Balaban J connectivity index is 2.96. The van der Waals surface area contributed by atoms with Gasteiger partial charge in [-0.25, -0.2) is 9.59 Å². The number of carbonyl (C=O) groups excluding carboxylic acids is 2. The molecule has 0 aliphatic rings. The number of aryl methyl sites for hydroxylation is 1. The highest BCUT2D eigenvalue weighted by Crippen LogP contribution is 2.17. The van der Waals surface area contributed by atoms with Crippen molar-refractivity contribution in [3.8, 4) is 0 Å². The van der Waals surface area contributed by atoms with Crippen LogP contribution in [0, 0.1) is 0 Å². The van der Waals surface area contributed by atoms with Gasteiger partial charge in [-0.1, -0.05) is 50.8 Å². The molecule has 1 aromatic carbocycles. The van der Waals surface area contributed by atoms with Crippen LogP contribution in [0.15, 0.2) is 48.6 Å². The van der Waals surface area contributed by atoms with Crippen molar-refractivity contribution in [3.05, 3.63) is 59.7 Å². The summed E-state index contributed by atoms with van der Waals surface area (Å²) in [5.41, 5.74) is 2.31. The van der Waals surface area contributed by atoms with Gasteiger partial charge in [0.05, 0.1) is 0 Å². The molecule has 0 amide bonds. The van der Waals surface area contributed by atoms with E-state index in [1.165, 1.54) is 13.8 Å². The molecular weight excluding hydrogens is 320 g/mol. The first-order valence-electron chi connectivity index (χ1n) is 8.24. The van der Waals surface area contributed by atoms with Gasteiger partial charge in [-0.15, -0.1) is 0 Å². The number of carbonyl (C=O) groups is 2. The molecule has 0 aliphatic heterocycles. The Labute approximate surface area is 149 Å². The van der Waals surface area contributed by atoms with Crippen LogP contribution in [0.5, 0.6) is 0 Å². The molecule has 1 N–H and O–H groups in total. The zero-order chi connectivity index (χ0) is 19.0. The summed E-state index contributed by atoms with van der Waals surface area (Å²) in [7, 11) is 0. The Kier molecular flexibility index (Phi) is 8.08. The van der Waals surface area contributed by atoms with E-state index in [0.717, 1.165) is 24.0 Å². The molecule has 1 atom stereocenters. The van der Waals surface area contributed by atoms with Crippen molar-refractivity contribution < 1.29 is 24.2 Å². The lowest BCUT2D eigenvalue weighted by Crippen LogP contribution is -2.37. The number of hydrogen-bond donors (Lipinski definition) is 1. The Hall–Kier alpha value is -2.40. The summed E-state index contributed by atoms with van der Waals surface area (Å²) in [5, 5.41) is 10.5. The summed E-state index contributed by atoms with van der Waals surface area (Å²) in [6, 6.07) is 7.68. The van der Waals surface area contributed by atoms with Crippen molar-refractivity contribution >= 4 is 11.9 Å². The number of esters is 2. The molecule has 0 spiro atoms. The van der Waals surface area contributed by atoms with Crippen LogP contribution in [0.3, 0.4) is 0 Å². The zero-order valence-corrected chi connectivity index (χ0v) is 15.1. The van der Waals surface area contributed by atoms with E-state index < -0.39 is 24.3 Å². The van der Waals surface area contributed by atoms with E-state index in [0.29, 0.717) is 0 Å². The average Bonchev–Trinajstić information content (AvgIpc) is 2.55. The van der Waals surface area contributed by atoms with Gasteiger partial charge in [0, 0.05) is 17.6 Å². The predicted octanol–water partition coefficient (Wildman–Crippen LogP) is 3.11. The molecule has 1 aromatic rings. The largest absolute Gasteiger partial charge is 0.419 e. The highest BCUT2D eigenvalue weighted by molar-refractivity contribution is 5.88. The Bertz CT molecular complexity index is 619. The van der Waals surface area contributed by atoms with E-state index in [1.54, 1.807) is 0 Å². The normalized spacial score (nSPS) is 11.7. The third-order valence-electron chi connectivity index (χ3n) is 3.52. The lowest BCUT2D eigenvalue weighted by atomic mass is 9.98. The Morgan fingerprint density at radius 2 is 1.52 bits per heavy atom. The molecule has 0 aliphatic carbocycles.